The topological polar surface area (TPSA) is 45.7 Å². The van der Waals surface area contributed by atoms with Crippen molar-refractivity contribution >= 4 is 34.0 Å². The summed E-state index contributed by atoms with van der Waals surface area (Å²) in [5.74, 6) is 0.633. The lowest BCUT2D eigenvalue weighted by atomic mass is 10.1. The number of rotatable bonds is 5. The van der Waals surface area contributed by atoms with Gasteiger partial charge in [-0.2, -0.15) is 0 Å². The second-order valence-electron chi connectivity index (χ2n) is 8.00. The molecule has 2 fully saturated rings. The Bertz CT molecular complexity index is 1090. The number of anilines is 1. The normalized spacial score (nSPS) is 16.8. The van der Waals surface area contributed by atoms with Gasteiger partial charge in [0.15, 0.2) is 0 Å². The molecule has 0 atom stereocenters. The number of fused-ring (bicyclic) bond motifs is 1. The minimum Gasteiger partial charge on any atom is -0.378 e. The number of halogens is 1. The molecule has 5 rings (SSSR count). The lowest BCUT2D eigenvalue weighted by Crippen LogP contribution is -2.38. The highest BCUT2D eigenvalue weighted by molar-refractivity contribution is 7.12. The average Bonchev–Trinajstić information content (AvgIpc) is 3.51. The van der Waals surface area contributed by atoms with Crippen molar-refractivity contribution in [2.75, 3.05) is 31.2 Å². The number of carbonyl (C=O) groups excluding carboxylic acids is 1. The van der Waals surface area contributed by atoms with Crippen LogP contribution in [0.15, 0.2) is 35.7 Å². The molecule has 0 bridgehead atoms. The van der Waals surface area contributed by atoms with Gasteiger partial charge < -0.3 is 14.5 Å². The highest BCUT2D eigenvalue weighted by atomic mass is 32.1. The van der Waals surface area contributed by atoms with Gasteiger partial charge in [0.2, 0.25) is 0 Å². The van der Waals surface area contributed by atoms with Gasteiger partial charge in [0.25, 0.3) is 5.91 Å². The Morgan fingerprint density at radius 1 is 1.27 bits per heavy atom. The van der Waals surface area contributed by atoms with Crippen molar-refractivity contribution in [3.8, 4) is 0 Å². The van der Waals surface area contributed by atoms with Gasteiger partial charge in [-0.25, -0.2) is 9.37 Å². The number of thiophene rings is 1. The number of ether oxygens (including phenoxy) is 1. The smallest absolute Gasteiger partial charge is 0.264 e. The quantitative estimate of drug-likeness (QED) is 0.608. The predicted octanol–water partition coefficient (Wildman–Crippen LogP) is 4.39. The number of aromatic nitrogens is 1. The highest BCUT2D eigenvalue weighted by Gasteiger charge is 2.35. The third-order valence-corrected chi connectivity index (χ3v) is 6.80. The van der Waals surface area contributed by atoms with E-state index in [1.165, 1.54) is 23.5 Å². The van der Waals surface area contributed by atoms with Gasteiger partial charge in [-0.05, 0) is 55.0 Å². The van der Waals surface area contributed by atoms with E-state index in [0.29, 0.717) is 25.3 Å². The van der Waals surface area contributed by atoms with Crippen LogP contribution < -0.4 is 4.90 Å². The molecule has 1 saturated carbocycles. The minimum absolute atomic E-state index is 0.0946. The van der Waals surface area contributed by atoms with E-state index in [2.05, 4.69) is 11.0 Å². The Morgan fingerprint density at radius 3 is 2.77 bits per heavy atom. The van der Waals surface area contributed by atoms with Crippen LogP contribution in [-0.2, 0) is 11.3 Å². The first-order valence-electron chi connectivity index (χ1n) is 10.4. The van der Waals surface area contributed by atoms with E-state index < -0.39 is 0 Å². The SMILES string of the molecule is Cc1ccsc1C(=O)N(Cc1cc2ccc(F)cc2nc1N1CCOCC1)C1CC1. The minimum atomic E-state index is -0.293. The number of amides is 1. The molecule has 156 valence electrons. The molecule has 1 aliphatic carbocycles. The molecular formula is C23H24FN3O2S. The molecule has 2 aromatic heterocycles. The molecule has 3 aromatic rings. The third kappa shape index (κ3) is 3.79. The highest BCUT2D eigenvalue weighted by Crippen LogP contribution is 2.34. The number of hydrogen-bond donors (Lipinski definition) is 0. The maximum absolute atomic E-state index is 13.8. The second-order valence-corrected chi connectivity index (χ2v) is 8.92. The first-order chi connectivity index (χ1) is 14.6. The van der Waals surface area contributed by atoms with E-state index >= 15 is 0 Å². The molecular weight excluding hydrogens is 401 g/mol. The molecule has 7 heteroatoms. The average molecular weight is 426 g/mol. The lowest BCUT2D eigenvalue weighted by Gasteiger charge is -2.31. The zero-order chi connectivity index (χ0) is 20.7. The summed E-state index contributed by atoms with van der Waals surface area (Å²) in [6.45, 7) is 5.25. The number of hydrogen-bond acceptors (Lipinski definition) is 5. The van der Waals surface area contributed by atoms with Gasteiger partial charge in [0, 0.05) is 42.7 Å². The summed E-state index contributed by atoms with van der Waals surface area (Å²) in [4.78, 5) is 23.2. The largest absolute Gasteiger partial charge is 0.378 e. The van der Waals surface area contributed by atoms with Gasteiger partial charge in [0.05, 0.1) is 23.6 Å². The van der Waals surface area contributed by atoms with Crippen molar-refractivity contribution in [3.63, 3.8) is 0 Å². The first kappa shape index (κ1) is 19.5. The van der Waals surface area contributed by atoms with E-state index in [9.17, 15) is 9.18 Å². The number of pyridine rings is 1. The number of nitrogens with zero attached hydrogens (tertiary/aromatic N) is 3. The Balaban J connectivity index is 1.54. The molecule has 1 amide bonds. The Kier molecular flexibility index (Phi) is 5.16. The summed E-state index contributed by atoms with van der Waals surface area (Å²) in [6, 6.07) is 9.03. The van der Waals surface area contributed by atoms with Crippen molar-refractivity contribution in [3.05, 3.63) is 57.5 Å². The van der Waals surface area contributed by atoms with Crippen molar-refractivity contribution in [1.82, 2.24) is 9.88 Å². The van der Waals surface area contributed by atoms with E-state index in [1.54, 1.807) is 6.07 Å². The van der Waals surface area contributed by atoms with E-state index in [0.717, 1.165) is 53.1 Å². The third-order valence-electron chi connectivity index (χ3n) is 5.79. The van der Waals surface area contributed by atoms with Crippen LogP contribution in [0.1, 0.15) is 33.6 Å². The second kappa shape index (κ2) is 7.96. The van der Waals surface area contributed by atoms with Gasteiger partial charge in [0.1, 0.15) is 11.6 Å². The van der Waals surface area contributed by atoms with Crippen molar-refractivity contribution in [2.45, 2.75) is 32.4 Å². The van der Waals surface area contributed by atoms with E-state index in [-0.39, 0.29) is 17.8 Å². The van der Waals surface area contributed by atoms with Gasteiger partial charge in [-0.3, -0.25) is 4.79 Å². The van der Waals surface area contributed by atoms with E-state index in [4.69, 9.17) is 9.72 Å². The Morgan fingerprint density at radius 2 is 2.07 bits per heavy atom. The van der Waals surface area contributed by atoms with E-state index in [1.807, 2.05) is 23.3 Å². The molecule has 1 saturated heterocycles. The zero-order valence-corrected chi connectivity index (χ0v) is 17.8. The molecule has 5 nitrogen and oxygen atoms in total. The van der Waals surface area contributed by atoms with Gasteiger partial charge >= 0.3 is 0 Å². The maximum atomic E-state index is 13.8. The number of morpholine rings is 1. The van der Waals surface area contributed by atoms with Crippen molar-refractivity contribution in [1.29, 1.82) is 0 Å². The summed E-state index contributed by atoms with van der Waals surface area (Å²) in [6.07, 6.45) is 2.07. The van der Waals surface area contributed by atoms with Crippen LogP contribution >= 0.6 is 11.3 Å². The number of aryl methyl sites for hydroxylation is 1. The fraction of sp³-hybridized carbons (Fsp3) is 0.391. The van der Waals surface area contributed by atoms with Crippen LogP contribution in [0.25, 0.3) is 10.9 Å². The van der Waals surface area contributed by atoms with Crippen LogP contribution in [0.2, 0.25) is 0 Å². The molecule has 1 aromatic carbocycles. The molecule has 30 heavy (non-hydrogen) atoms. The molecule has 0 spiro atoms. The molecule has 0 N–H and O–H groups in total. The molecule has 2 aliphatic rings. The number of carbonyl (C=O) groups is 1. The molecule has 3 heterocycles. The van der Waals surface area contributed by atoms with Gasteiger partial charge in [-0.15, -0.1) is 11.3 Å². The van der Waals surface area contributed by atoms with Crippen molar-refractivity contribution < 1.29 is 13.9 Å². The molecule has 1 aliphatic heterocycles. The van der Waals surface area contributed by atoms with Crippen molar-refractivity contribution in [2.24, 2.45) is 0 Å². The summed E-state index contributed by atoms with van der Waals surface area (Å²) in [7, 11) is 0. The Hall–Kier alpha value is -2.51. The van der Waals surface area contributed by atoms with Gasteiger partial charge in [-0.1, -0.05) is 0 Å². The summed E-state index contributed by atoms with van der Waals surface area (Å²) in [5, 5.41) is 2.86. The summed E-state index contributed by atoms with van der Waals surface area (Å²) in [5.41, 5.74) is 2.67. The fourth-order valence-corrected chi connectivity index (χ4v) is 4.88. The van der Waals surface area contributed by atoms with Crippen LogP contribution in [0.5, 0.6) is 0 Å². The Labute approximate surface area is 179 Å². The molecule has 0 unspecified atom stereocenters. The van der Waals surface area contributed by atoms with Crippen LogP contribution in [0.3, 0.4) is 0 Å². The summed E-state index contributed by atoms with van der Waals surface area (Å²) < 4.78 is 19.3. The number of benzene rings is 1. The molecule has 0 radical (unpaired) electrons. The predicted molar refractivity (Wildman–Crippen MR) is 117 cm³/mol. The van der Waals surface area contributed by atoms with Crippen LogP contribution in [-0.4, -0.2) is 48.1 Å². The fourth-order valence-electron chi connectivity index (χ4n) is 4.00. The monoisotopic (exact) mass is 425 g/mol. The van der Waals surface area contributed by atoms with Crippen LogP contribution in [0, 0.1) is 12.7 Å². The van der Waals surface area contributed by atoms with Crippen LogP contribution in [0.4, 0.5) is 10.2 Å². The standard InChI is InChI=1S/C23H24FN3O2S/c1-15-6-11-30-21(15)23(28)27(19-4-5-19)14-17-12-16-2-3-18(24)13-20(16)25-22(17)26-7-9-29-10-8-26/h2-3,6,11-13,19H,4-5,7-10,14H2,1H3. The first-order valence-corrected chi connectivity index (χ1v) is 11.2. The maximum Gasteiger partial charge on any atom is 0.264 e. The lowest BCUT2D eigenvalue weighted by molar-refractivity contribution is 0.0734. The summed E-state index contributed by atoms with van der Waals surface area (Å²) >= 11 is 1.50. The zero-order valence-electron chi connectivity index (χ0n) is 16.9.